The molecule has 0 aliphatic carbocycles. The van der Waals surface area contributed by atoms with Gasteiger partial charge in [0.05, 0.1) is 12.5 Å². The molecule has 2 aromatic rings. The molecular weight excluding hydrogens is 294 g/mol. The zero-order valence-corrected chi connectivity index (χ0v) is 12.8. The van der Waals surface area contributed by atoms with Gasteiger partial charge in [0, 0.05) is 0 Å². The Kier molecular flexibility index (Phi) is 5.13. The van der Waals surface area contributed by atoms with Gasteiger partial charge in [-0.1, -0.05) is 60.7 Å². The van der Waals surface area contributed by atoms with Gasteiger partial charge in [0.2, 0.25) is 5.91 Å². The highest BCUT2D eigenvalue weighted by molar-refractivity contribution is 5.92. The van der Waals surface area contributed by atoms with E-state index in [2.05, 4.69) is 5.32 Å². The number of amides is 1. The fraction of sp³-hybridized carbons (Fsp3) is 0.222. The summed E-state index contributed by atoms with van der Waals surface area (Å²) in [6.45, 7) is 0.588. The number of carbonyl (C=O) groups is 2. The lowest BCUT2D eigenvalue weighted by atomic mass is 9.89. The fourth-order valence-electron chi connectivity index (χ4n) is 2.29. The molecule has 0 spiro atoms. The monoisotopic (exact) mass is 313 g/mol. The molecule has 23 heavy (non-hydrogen) atoms. The van der Waals surface area contributed by atoms with Crippen molar-refractivity contribution in [2.75, 3.05) is 6.61 Å². The predicted molar refractivity (Wildman–Crippen MR) is 86.0 cm³/mol. The second-order valence-electron chi connectivity index (χ2n) is 5.54. The molecule has 2 aromatic carbocycles. The molecule has 2 rings (SSSR count). The maximum Gasteiger partial charge on any atom is 0.331 e. The van der Waals surface area contributed by atoms with Crippen molar-refractivity contribution in [1.82, 2.24) is 5.32 Å². The third-order valence-electron chi connectivity index (χ3n) is 3.72. The van der Waals surface area contributed by atoms with Crippen LogP contribution >= 0.6 is 0 Å². The van der Waals surface area contributed by atoms with Crippen molar-refractivity contribution in [3.05, 3.63) is 71.8 Å². The number of aliphatic carboxylic acids is 1. The summed E-state index contributed by atoms with van der Waals surface area (Å²) in [6, 6.07) is 18.2. The van der Waals surface area contributed by atoms with Gasteiger partial charge in [-0.2, -0.15) is 0 Å². The van der Waals surface area contributed by atoms with Crippen LogP contribution in [0.2, 0.25) is 0 Å². The molecule has 0 aromatic heterocycles. The first-order valence-electron chi connectivity index (χ1n) is 7.24. The standard InChI is InChI=1S/C18H19NO4/c1-18(12-20,17(22)23)19-16(21)15(13-8-4-2-5-9-13)14-10-6-3-7-11-14/h2-11,15,20H,12H2,1H3,(H,19,21)(H,22,23). The Labute approximate surface area is 134 Å². The smallest absolute Gasteiger partial charge is 0.331 e. The van der Waals surface area contributed by atoms with E-state index in [1.807, 2.05) is 60.7 Å². The minimum Gasteiger partial charge on any atom is -0.479 e. The number of hydrogen-bond acceptors (Lipinski definition) is 3. The van der Waals surface area contributed by atoms with Gasteiger partial charge in [-0.3, -0.25) is 4.79 Å². The van der Waals surface area contributed by atoms with Crippen LogP contribution in [0, 0.1) is 0 Å². The fourth-order valence-corrected chi connectivity index (χ4v) is 2.29. The van der Waals surface area contributed by atoms with E-state index < -0.39 is 29.9 Å². The second-order valence-corrected chi connectivity index (χ2v) is 5.54. The summed E-state index contributed by atoms with van der Waals surface area (Å²) in [5.41, 5.74) is -0.220. The van der Waals surface area contributed by atoms with Crippen molar-refractivity contribution >= 4 is 11.9 Å². The predicted octanol–water partition coefficient (Wildman–Crippen LogP) is 1.77. The van der Waals surface area contributed by atoms with E-state index in [0.29, 0.717) is 0 Å². The lowest BCUT2D eigenvalue weighted by Gasteiger charge is -2.27. The van der Waals surface area contributed by atoms with Crippen LogP contribution in [0.5, 0.6) is 0 Å². The number of rotatable bonds is 6. The van der Waals surface area contributed by atoms with Gasteiger partial charge < -0.3 is 15.5 Å². The summed E-state index contributed by atoms with van der Waals surface area (Å²) in [7, 11) is 0. The van der Waals surface area contributed by atoms with Gasteiger partial charge >= 0.3 is 5.97 Å². The zero-order chi connectivity index (χ0) is 16.9. The van der Waals surface area contributed by atoms with Gasteiger partial charge in [0.15, 0.2) is 5.54 Å². The van der Waals surface area contributed by atoms with Crippen LogP contribution < -0.4 is 5.32 Å². The number of aliphatic hydroxyl groups excluding tert-OH is 1. The Morgan fingerprint density at radius 3 is 1.78 bits per heavy atom. The SMILES string of the molecule is CC(CO)(NC(=O)C(c1ccccc1)c1ccccc1)C(=O)O. The lowest BCUT2D eigenvalue weighted by molar-refractivity contribution is -0.148. The summed E-state index contributed by atoms with van der Waals surface area (Å²) in [6.07, 6.45) is 0. The first-order valence-corrected chi connectivity index (χ1v) is 7.24. The van der Waals surface area contributed by atoms with E-state index in [-0.39, 0.29) is 0 Å². The van der Waals surface area contributed by atoms with Crippen molar-refractivity contribution < 1.29 is 19.8 Å². The van der Waals surface area contributed by atoms with E-state index in [9.17, 15) is 19.8 Å². The topological polar surface area (TPSA) is 86.6 Å². The molecular formula is C18H19NO4. The molecule has 0 fully saturated rings. The van der Waals surface area contributed by atoms with E-state index in [1.165, 1.54) is 6.92 Å². The van der Waals surface area contributed by atoms with Crippen molar-refractivity contribution in [1.29, 1.82) is 0 Å². The number of nitrogens with one attached hydrogen (secondary N) is 1. The molecule has 3 N–H and O–H groups in total. The first-order chi connectivity index (χ1) is 11.0. The maximum absolute atomic E-state index is 12.7. The number of hydrogen-bond donors (Lipinski definition) is 3. The highest BCUT2D eigenvalue weighted by Crippen LogP contribution is 2.25. The van der Waals surface area contributed by atoms with Gasteiger partial charge in [0.25, 0.3) is 0 Å². The Morgan fingerprint density at radius 2 is 1.43 bits per heavy atom. The van der Waals surface area contributed by atoms with E-state index >= 15 is 0 Å². The highest BCUT2D eigenvalue weighted by Gasteiger charge is 2.36. The Bertz CT molecular complexity index is 632. The molecule has 0 saturated heterocycles. The molecule has 0 aliphatic rings. The molecule has 1 unspecified atom stereocenters. The lowest BCUT2D eigenvalue weighted by Crippen LogP contribution is -2.56. The summed E-state index contributed by atoms with van der Waals surface area (Å²) < 4.78 is 0. The van der Waals surface area contributed by atoms with E-state index in [0.717, 1.165) is 11.1 Å². The van der Waals surface area contributed by atoms with Gasteiger partial charge in [-0.05, 0) is 18.1 Å². The number of aliphatic hydroxyl groups is 1. The van der Waals surface area contributed by atoms with E-state index in [1.54, 1.807) is 0 Å². The van der Waals surface area contributed by atoms with Crippen molar-refractivity contribution in [2.45, 2.75) is 18.4 Å². The first kappa shape index (κ1) is 16.7. The third kappa shape index (κ3) is 3.76. The molecule has 5 nitrogen and oxygen atoms in total. The quantitative estimate of drug-likeness (QED) is 0.758. The second kappa shape index (κ2) is 7.07. The molecule has 0 radical (unpaired) electrons. The normalized spacial score (nSPS) is 13.3. The third-order valence-corrected chi connectivity index (χ3v) is 3.72. The van der Waals surface area contributed by atoms with Crippen LogP contribution in [0.3, 0.4) is 0 Å². The molecule has 0 bridgehead atoms. The molecule has 1 atom stereocenters. The Morgan fingerprint density at radius 1 is 1.00 bits per heavy atom. The van der Waals surface area contributed by atoms with Gasteiger partial charge in [-0.15, -0.1) is 0 Å². The number of benzene rings is 2. The average Bonchev–Trinajstić information content (AvgIpc) is 2.56. The van der Waals surface area contributed by atoms with Crippen LogP contribution in [-0.2, 0) is 9.59 Å². The summed E-state index contributed by atoms with van der Waals surface area (Å²) in [4.78, 5) is 24.0. The molecule has 120 valence electrons. The molecule has 5 heteroatoms. The van der Waals surface area contributed by atoms with Crippen LogP contribution in [0.25, 0.3) is 0 Å². The highest BCUT2D eigenvalue weighted by atomic mass is 16.4. The zero-order valence-electron chi connectivity index (χ0n) is 12.8. The van der Waals surface area contributed by atoms with Crippen molar-refractivity contribution in [3.8, 4) is 0 Å². The van der Waals surface area contributed by atoms with Gasteiger partial charge in [0.1, 0.15) is 0 Å². The van der Waals surface area contributed by atoms with Crippen LogP contribution in [-0.4, -0.2) is 34.2 Å². The van der Waals surface area contributed by atoms with Crippen LogP contribution in [0.1, 0.15) is 24.0 Å². The minimum absolute atomic E-state index is 0.471. The minimum atomic E-state index is -1.72. The van der Waals surface area contributed by atoms with Gasteiger partial charge in [-0.25, -0.2) is 4.79 Å². The van der Waals surface area contributed by atoms with Crippen LogP contribution in [0.15, 0.2) is 60.7 Å². The summed E-state index contributed by atoms with van der Waals surface area (Å²) >= 11 is 0. The number of carbonyl (C=O) groups excluding carboxylic acids is 1. The molecule has 0 heterocycles. The number of carboxylic acids is 1. The average molecular weight is 313 g/mol. The van der Waals surface area contributed by atoms with Crippen molar-refractivity contribution in [3.63, 3.8) is 0 Å². The molecule has 1 amide bonds. The Hall–Kier alpha value is -2.66. The van der Waals surface area contributed by atoms with E-state index in [4.69, 9.17) is 0 Å². The molecule has 0 aliphatic heterocycles. The summed E-state index contributed by atoms with van der Waals surface area (Å²) in [5, 5.41) is 21.0. The number of carboxylic acid groups (broad SMARTS) is 1. The maximum atomic E-state index is 12.7. The Balaban J connectivity index is 2.39. The van der Waals surface area contributed by atoms with Crippen molar-refractivity contribution in [2.24, 2.45) is 0 Å². The van der Waals surface area contributed by atoms with Crippen LogP contribution in [0.4, 0.5) is 0 Å². The summed E-state index contributed by atoms with van der Waals surface area (Å²) in [5.74, 6) is -2.41. The molecule has 0 saturated carbocycles. The largest absolute Gasteiger partial charge is 0.479 e.